The smallest absolute Gasteiger partial charge is 0.268 e. The van der Waals surface area contributed by atoms with Crippen LogP contribution in [0.4, 0.5) is 5.13 Å². The first-order valence-electron chi connectivity index (χ1n) is 10.4. The summed E-state index contributed by atoms with van der Waals surface area (Å²) in [6, 6.07) is 12.5. The minimum Gasteiger partial charge on any atom is -0.490 e. The fourth-order valence-electron chi connectivity index (χ4n) is 2.85. The summed E-state index contributed by atoms with van der Waals surface area (Å²) < 4.78 is 17.2. The van der Waals surface area contributed by atoms with E-state index in [1.165, 1.54) is 17.4 Å². The molecule has 1 aromatic heterocycles. The summed E-state index contributed by atoms with van der Waals surface area (Å²) in [5, 5.41) is 21.4. The number of rotatable bonds is 10. The highest BCUT2D eigenvalue weighted by Gasteiger charge is 2.13. The number of nitrogens with one attached hydrogen (secondary N) is 1. The van der Waals surface area contributed by atoms with Crippen molar-refractivity contribution in [2.45, 2.75) is 20.8 Å². The van der Waals surface area contributed by atoms with E-state index >= 15 is 0 Å². The first kappa shape index (κ1) is 25.0. The number of halogens is 1. The average molecular weight is 499 g/mol. The molecular formula is C24H23ClN4O4S. The molecule has 1 amide bonds. The van der Waals surface area contributed by atoms with E-state index in [4.69, 9.17) is 25.8 Å². The van der Waals surface area contributed by atoms with E-state index in [-0.39, 0.29) is 5.57 Å². The first-order chi connectivity index (χ1) is 16.4. The second-order valence-electron chi connectivity index (χ2n) is 7.00. The topological polar surface area (TPSA) is 106 Å². The molecule has 0 fully saturated rings. The molecule has 0 aliphatic rings. The Balaban J connectivity index is 1.65. The average Bonchev–Trinajstić information content (AvgIpc) is 3.22. The van der Waals surface area contributed by atoms with Gasteiger partial charge in [-0.15, -0.1) is 10.2 Å². The molecule has 0 spiro atoms. The van der Waals surface area contributed by atoms with Crippen molar-refractivity contribution in [3.05, 3.63) is 63.1 Å². The Morgan fingerprint density at radius 3 is 2.59 bits per heavy atom. The van der Waals surface area contributed by atoms with E-state index < -0.39 is 5.91 Å². The Morgan fingerprint density at radius 1 is 1.12 bits per heavy atom. The minimum absolute atomic E-state index is 0.0735. The Kier molecular flexibility index (Phi) is 8.85. The maximum Gasteiger partial charge on any atom is 0.268 e. The zero-order chi connectivity index (χ0) is 24.5. The predicted octanol–water partition coefficient (Wildman–Crippen LogP) is 5.21. The molecule has 10 heteroatoms. The van der Waals surface area contributed by atoms with E-state index in [0.29, 0.717) is 57.8 Å². The maximum absolute atomic E-state index is 12.4. The fraction of sp³-hybridized carbons (Fsp3) is 0.250. The van der Waals surface area contributed by atoms with Crippen LogP contribution in [0.2, 0.25) is 5.02 Å². The molecule has 8 nitrogen and oxygen atoms in total. The Hall–Kier alpha value is -3.61. The normalized spacial score (nSPS) is 11.0. The lowest BCUT2D eigenvalue weighted by Gasteiger charge is -2.13. The van der Waals surface area contributed by atoms with Gasteiger partial charge in [0.2, 0.25) is 5.13 Å². The highest BCUT2D eigenvalue weighted by molar-refractivity contribution is 7.15. The van der Waals surface area contributed by atoms with Crippen molar-refractivity contribution in [1.82, 2.24) is 10.2 Å². The Morgan fingerprint density at radius 2 is 1.91 bits per heavy atom. The van der Waals surface area contributed by atoms with Gasteiger partial charge < -0.3 is 14.2 Å². The van der Waals surface area contributed by atoms with Gasteiger partial charge >= 0.3 is 0 Å². The largest absolute Gasteiger partial charge is 0.490 e. The third kappa shape index (κ3) is 6.94. The Labute approximate surface area is 206 Å². The zero-order valence-corrected chi connectivity index (χ0v) is 20.5. The van der Waals surface area contributed by atoms with Crippen molar-refractivity contribution in [3.63, 3.8) is 0 Å². The number of amides is 1. The number of ether oxygens (including phenoxy) is 3. The van der Waals surface area contributed by atoms with Crippen LogP contribution in [0, 0.1) is 25.2 Å². The number of aromatic nitrogens is 2. The van der Waals surface area contributed by atoms with Gasteiger partial charge in [-0.2, -0.15) is 5.26 Å². The number of carbonyl (C=O) groups excluding carboxylic acids is 1. The van der Waals surface area contributed by atoms with E-state index in [1.807, 2.05) is 26.0 Å². The molecule has 3 rings (SSSR count). The molecule has 0 unspecified atom stereocenters. The summed E-state index contributed by atoms with van der Waals surface area (Å²) in [5.41, 5.74) is 1.48. The van der Waals surface area contributed by atoms with Gasteiger partial charge in [0, 0.05) is 5.02 Å². The van der Waals surface area contributed by atoms with E-state index in [9.17, 15) is 10.1 Å². The van der Waals surface area contributed by atoms with Crippen LogP contribution in [0.3, 0.4) is 0 Å². The monoisotopic (exact) mass is 498 g/mol. The highest BCUT2D eigenvalue weighted by Crippen LogP contribution is 2.30. The summed E-state index contributed by atoms with van der Waals surface area (Å²) in [4.78, 5) is 12.4. The summed E-state index contributed by atoms with van der Waals surface area (Å²) in [5.74, 6) is 1.17. The molecule has 3 aromatic rings. The lowest BCUT2D eigenvalue weighted by atomic mass is 10.1. The van der Waals surface area contributed by atoms with Crippen molar-refractivity contribution < 1.29 is 19.0 Å². The number of hydrogen-bond acceptors (Lipinski definition) is 8. The lowest BCUT2D eigenvalue weighted by molar-refractivity contribution is -0.112. The Bertz CT molecular complexity index is 1240. The molecule has 0 atom stereocenters. The summed E-state index contributed by atoms with van der Waals surface area (Å²) in [6.45, 7) is 6.59. The van der Waals surface area contributed by atoms with Crippen LogP contribution in [0.15, 0.2) is 42.0 Å². The molecule has 0 radical (unpaired) electrons. The van der Waals surface area contributed by atoms with Crippen molar-refractivity contribution in [3.8, 4) is 23.3 Å². The van der Waals surface area contributed by atoms with E-state index in [1.54, 1.807) is 37.3 Å². The molecule has 1 heterocycles. The van der Waals surface area contributed by atoms with Gasteiger partial charge in [-0.05, 0) is 68.3 Å². The zero-order valence-electron chi connectivity index (χ0n) is 18.9. The molecule has 0 bridgehead atoms. The molecule has 176 valence electrons. The van der Waals surface area contributed by atoms with Crippen LogP contribution < -0.4 is 19.5 Å². The second kappa shape index (κ2) is 12.0. The predicted molar refractivity (Wildman–Crippen MR) is 132 cm³/mol. The number of aryl methyl sites for hydroxylation is 2. The number of nitriles is 1. The number of benzene rings is 2. The molecule has 0 aliphatic carbocycles. The van der Waals surface area contributed by atoms with E-state index in [2.05, 4.69) is 15.5 Å². The number of anilines is 1. The van der Waals surface area contributed by atoms with Crippen molar-refractivity contribution in [2.75, 3.05) is 25.1 Å². The molecule has 0 saturated heterocycles. The van der Waals surface area contributed by atoms with Crippen LogP contribution in [-0.2, 0) is 4.79 Å². The SMILES string of the molecule is CCOc1cc(C=C(C#N)C(=O)Nc2nnc(C)s2)ccc1OCCOc1ccc(Cl)c(C)c1. The van der Waals surface area contributed by atoms with E-state index in [0.717, 1.165) is 5.56 Å². The number of nitrogens with zero attached hydrogens (tertiary/aromatic N) is 3. The summed E-state index contributed by atoms with van der Waals surface area (Å²) in [7, 11) is 0. The van der Waals surface area contributed by atoms with Gasteiger partial charge in [-0.25, -0.2) is 0 Å². The second-order valence-corrected chi connectivity index (χ2v) is 8.59. The van der Waals surface area contributed by atoms with Crippen molar-refractivity contribution in [2.24, 2.45) is 0 Å². The van der Waals surface area contributed by atoms with Crippen LogP contribution >= 0.6 is 22.9 Å². The van der Waals surface area contributed by atoms with Crippen molar-refractivity contribution >= 4 is 40.1 Å². The molecule has 1 N–H and O–H groups in total. The molecule has 34 heavy (non-hydrogen) atoms. The van der Waals surface area contributed by atoms with Crippen LogP contribution in [0.25, 0.3) is 6.08 Å². The maximum atomic E-state index is 12.4. The van der Waals surface area contributed by atoms with Crippen LogP contribution in [0.5, 0.6) is 17.2 Å². The minimum atomic E-state index is -0.563. The van der Waals surface area contributed by atoms with Gasteiger partial charge in [-0.3, -0.25) is 10.1 Å². The van der Waals surface area contributed by atoms with Gasteiger partial charge in [0.05, 0.1) is 6.61 Å². The third-order valence-electron chi connectivity index (χ3n) is 4.43. The van der Waals surface area contributed by atoms with Gasteiger partial charge in [0.25, 0.3) is 5.91 Å². The first-order valence-corrected chi connectivity index (χ1v) is 11.6. The van der Waals surface area contributed by atoms with Crippen LogP contribution in [0.1, 0.15) is 23.1 Å². The quantitative estimate of drug-likeness (QED) is 0.232. The molecule has 2 aromatic carbocycles. The lowest BCUT2D eigenvalue weighted by Crippen LogP contribution is -2.13. The number of hydrogen-bond donors (Lipinski definition) is 1. The third-order valence-corrected chi connectivity index (χ3v) is 5.61. The molecule has 0 saturated carbocycles. The standard InChI is InChI=1S/C24H23ClN4O4S/c1-4-31-22-13-17(12-18(14-26)23(30)27-24-29-28-16(3)34-24)5-8-21(22)33-10-9-32-19-6-7-20(25)15(2)11-19/h5-8,11-13H,4,9-10H2,1-3H3,(H,27,29,30). The highest BCUT2D eigenvalue weighted by atomic mass is 35.5. The summed E-state index contributed by atoms with van der Waals surface area (Å²) in [6.07, 6.45) is 1.47. The van der Waals surface area contributed by atoms with Crippen LogP contribution in [-0.4, -0.2) is 35.9 Å². The molecule has 0 aliphatic heterocycles. The fourth-order valence-corrected chi connectivity index (χ4v) is 3.55. The number of carbonyl (C=O) groups is 1. The van der Waals surface area contributed by atoms with Gasteiger partial charge in [0.1, 0.15) is 35.6 Å². The summed E-state index contributed by atoms with van der Waals surface area (Å²) >= 11 is 7.26. The van der Waals surface area contributed by atoms with Gasteiger partial charge in [0.15, 0.2) is 11.5 Å². The van der Waals surface area contributed by atoms with Gasteiger partial charge in [-0.1, -0.05) is 29.0 Å². The molecular weight excluding hydrogens is 476 g/mol. The van der Waals surface area contributed by atoms with Crippen molar-refractivity contribution in [1.29, 1.82) is 5.26 Å².